The molecule has 28 heavy (non-hydrogen) atoms. The molecule has 0 atom stereocenters. The normalized spacial score (nSPS) is 16.4. The highest BCUT2D eigenvalue weighted by molar-refractivity contribution is 7.89. The minimum absolute atomic E-state index is 0.0605. The molecule has 146 valence electrons. The molecule has 0 spiro atoms. The molecule has 1 aliphatic heterocycles. The lowest BCUT2D eigenvalue weighted by molar-refractivity contribution is -0.384. The van der Waals surface area contributed by atoms with Gasteiger partial charge in [-0.3, -0.25) is 15.0 Å². The highest BCUT2D eigenvalue weighted by atomic mass is 32.2. The number of aromatic nitrogens is 2. The Morgan fingerprint density at radius 2 is 1.75 bits per heavy atom. The molecule has 0 N–H and O–H groups in total. The molecule has 11 heteroatoms. The van der Waals surface area contributed by atoms with Gasteiger partial charge >= 0.3 is 0 Å². The Bertz CT molecular complexity index is 1110. The number of hydrogen-bond acceptors (Lipinski definition) is 8. The highest BCUT2D eigenvalue weighted by Gasteiger charge is 2.30. The number of hydrogen-bond donors (Lipinski definition) is 0. The molecule has 2 aromatic carbocycles. The Balaban J connectivity index is 1.43. The van der Waals surface area contributed by atoms with E-state index in [0.29, 0.717) is 43.8 Å². The van der Waals surface area contributed by atoms with E-state index in [2.05, 4.69) is 13.6 Å². The standard InChI is InChI=1S/C17H17N5O4S2/c23-22(24)14-6-4-13(5-7-14)12-20-8-10-21(11-9-20)28(25,26)16-3-1-2-15-17(16)19-27-18-15/h1-7H,8-12H2. The smallest absolute Gasteiger partial charge is 0.269 e. The Labute approximate surface area is 165 Å². The van der Waals surface area contributed by atoms with Crippen molar-refractivity contribution in [3.63, 3.8) is 0 Å². The zero-order valence-corrected chi connectivity index (χ0v) is 16.4. The van der Waals surface area contributed by atoms with Crippen LogP contribution in [-0.2, 0) is 16.6 Å². The van der Waals surface area contributed by atoms with Crippen LogP contribution in [0.1, 0.15) is 5.56 Å². The third-order valence-corrected chi connectivity index (χ3v) is 7.22. The van der Waals surface area contributed by atoms with E-state index in [0.717, 1.165) is 17.3 Å². The van der Waals surface area contributed by atoms with Gasteiger partial charge in [0.1, 0.15) is 15.9 Å². The molecule has 0 saturated carbocycles. The summed E-state index contributed by atoms with van der Waals surface area (Å²) in [5, 5.41) is 10.7. The summed E-state index contributed by atoms with van der Waals surface area (Å²) >= 11 is 1.00. The van der Waals surface area contributed by atoms with Crippen molar-refractivity contribution >= 4 is 38.5 Å². The van der Waals surface area contributed by atoms with Crippen molar-refractivity contribution in [3.8, 4) is 0 Å². The van der Waals surface area contributed by atoms with Crippen LogP contribution in [0.5, 0.6) is 0 Å². The topological polar surface area (TPSA) is 110 Å². The maximum absolute atomic E-state index is 13.0. The summed E-state index contributed by atoms with van der Waals surface area (Å²) in [5.41, 5.74) is 2.02. The molecule has 1 aliphatic rings. The van der Waals surface area contributed by atoms with Gasteiger partial charge in [0.25, 0.3) is 5.69 Å². The molecule has 0 aliphatic carbocycles. The monoisotopic (exact) mass is 419 g/mol. The minimum atomic E-state index is -3.63. The van der Waals surface area contributed by atoms with Crippen LogP contribution in [0.25, 0.3) is 11.0 Å². The van der Waals surface area contributed by atoms with Gasteiger partial charge < -0.3 is 0 Å². The molecule has 4 rings (SSSR count). The molecule has 2 heterocycles. The minimum Gasteiger partial charge on any atom is -0.296 e. The van der Waals surface area contributed by atoms with Gasteiger partial charge in [-0.15, -0.1) is 0 Å². The lowest BCUT2D eigenvalue weighted by Crippen LogP contribution is -2.48. The van der Waals surface area contributed by atoms with Crippen LogP contribution in [0.2, 0.25) is 0 Å². The highest BCUT2D eigenvalue weighted by Crippen LogP contribution is 2.25. The number of rotatable bonds is 5. The third-order valence-electron chi connectivity index (χ3n) is 4.75. The van der Waals surface area contributed by atoms with Crippen molar-refractivity contribution in [3.05, 3.63) is 58.1 Å². The van der Waals surface area contributed by atoms with Crippen LogP contribution in [0.4, 0.5) is 5.69 Å². The maximum atomic E-state index is 13.0. The second kappa shape index (κ2) is 7.51. The summed E-state index contributed by atoms with van der Waals surface area (Å²) in [5.74, 6) is 0. The van der Waals surface area contributed by atoms with Crippen molar-refractivity contribution < 1.29 is 13.3 Å². The fraction of sp³-hybridized carbons (Fsp3) is 0.294. The molecule has 1 aromatic heterocycles. The van der Waals surface area contributed by atoms with Crippen LogP contribution in [0.3, 0.4) is 0 Å². The number of fused-ring (bicyclic) bond motifs is 1. The average molecular weight is 419 g/mol. The molecule has 0 radical (unpaired) electrons. The first-order valence-electron chi connectivity index (χ1n) is 8.62. The predicted molar refractivity (Wildman–Crippen MR) is 105 cm³/mol. The summed E-state index contributed by atoms with van der Waals surface area (Å²) < 4.78 is 35.8. The Morgan fingerprint density at radius 3 is 2.43 bits per heavy atom. The Kier molecular flexibility index (Phi) is 5.06. The Hall–Kier alpha value is -2.47. The van der Waals surface area contributed by atoms with Crippen LogP contribution >= 0.6 is 11.7 Å². The second-order valence-electron chi connectivity index (χ2n) is 6.49. The van der Waals surface area contributed by atoms with Crippen LogP contribution in [0.15, 0.2) is 47.4 Å². The molecular weight excluding hydrogens is 402 g/mol. The van der Waals surface area contributed by atoms with Gasteiger partial charge in [-0.2, -0.15) is 13.1 Å². The molecule has 3 aromatic rings. The molecule has 0 amide bonds. The Morgan fingerprint density at radius 1 is 1.04 bits per heavy atom. The molecular formula is C17H17N5O4S2. The van der Waals surface area contributed by atoms with Gasteiger partial charge in [-0.1, -0.05) is 18.2 Å². The molecule has 0 unspecified atom stereocenters. The van der Waals surface area contributed by atoms with E-state index in [1.807, 2.05) is 0 Å². The number of benzene rings is 2. The largest absolute Gasteiger partial charge is 0.296 e. The zero-order valence-electron chi connectivity index (χ0n) is 14.8. The van der Waals surface area contributed by atoms with E-state index in [1.54, 1.807) is 30.3 Å². The predicted octanol–water partition coefficient (Wildman–Crippen LogP) is 2.11. The summed E-state index contributed by atoms with van der Waals surface area (Å²) in [6.07, 6.45) is 0. The number of piperazine rings is 1. The van der Waals surface area contributed by atoms with Crippen molar-refractivity contribution in [2.45, 2.75) is 11.4 Å². The van der Waals surface area contributed by atoms with Gasteiger partial charge in [0.05, 0.1) is 16.7 Å². The van der Waals surface area contributed by atoms with E-state index in [1.165, 1.54) is 16.4 Å². The summed E-state index contributed by atoms with van der Waals surface area (Å²) in [4.78, 5) is 12.6. The van der Waals surface area contributed by atoms with E-state index in [4.69, 9.17) is 0 Å². The van der Waals surface area contributed by atoms with E-state index in [-0.39, 0.29) is 10.6 Å². The summed E-state index contributed by atoms with van der Waals surface area (Å²) in [6.45, 7) is 2.55. The van der Waals surface area contributed by atoms with Gasteiger partial charge in [0.2, 0.25) is 10.0 Å². The fourth-order valence-corrected chi connectivity index (χ4v) is 5.41. The van der Waals surface area contributed by atoms with E-state index < -0.39 is 14.9 Å². The van der Waals surface area contributed by atoms with Crippen molar-refractivity contribution in [1.82, 2.24) is 18.0 Å². The molecule has 1 fully saturated rings. The summed E-state index contributed by atoms with van der Waals surface area (Å²) in [7, 11) is -3.63. The SMILES string of the molecule is O=[N+]([O-])c1ccc(CN2CCN(S(=O)(=O)c3cccc4nsnc34)CC2)cc1. The number of non-ortho nitro benzene ring substituents is 1. The van der Waals surface area contributed by atoms with Crippen LogP contribution in [0, 0.1) is 10.1 Å². The molecule has 9 nitrogen and oxygen atoms in total. The number of sulfonamides is 1. The number of nitro benzene ring substituents is 1. The van der Waals surface area contributed by atoms with Crippen LogP contribution < -0.4 is 0 Å². The fourth-order valence-electron chi connectivity index (χ4n) is 3.24. The first-order valence-corrected chi connectivity index (χ1v) is 10.8. The second-order valence-corrected chi connectivity index (χ2v) is 8.93. The average Bonchev–Trinajstić information content (AvgIpc) is 3.17. The van der Waals surface area contributed by atoms with Gasteiger partial charge in [-0.05, 0) is 17.7 Å². The number of nitro groups is 1. The maximum Gasteiger partial charge on any atom is 0.269 e. The zero-order chi connectivity index (χ0) is 19.7. The summed E-state index contributed by atoms with van der Waals surface area (Å²) in [6, 6.07) is 11.4. The first-order chi connectivity index (χ1) is 13.4. The number of nitrogens with zero attached hydrogens (tertiary/aromatic N) is 5. The van der Waals surface area contributed by atoms with Crippen molar-refractivity contribution in [1.29, 1.82) is 0 Å². The third kappa shape index (κ3) is 3.61. The van der Waals surface area contributed by atoms with Crippen LogP contribution in [-0.4, -0.2) is 57.5 Å². The first kappa shape index (κ1) is 18.9. The van der Waals surface area contributed by atoms with Gasteiger partial charge in [0, 0.05) is 44.9 Å². The lowest BCUT2D eigenvalue weighted by atomic mass is 10.2. The van der Waals surface area contributed by atoms with Gasteiger partial charge in [-0.25, -0.2) is 8.42 Å². The molecule has 0 bridgehead atoms. The lowest BCUT2D eigenvalue weighted by Gasteiger charge is -2.34. The molecule has 1 saturated heterocycles. The van der Waals surface area contributed by atoms with E-state index in [9.17, 15) is 18.5 Å². The quantitative estimate of drug-likeness (QED) is 0.460. The van der Waals surface area contributed by atoms with Crippen molar-refractivity contribution in [2.24, 2.45) is 0 Å². The van der Waals surface area contributed by atoms with Gasteiger partial charge in [0.15, 0.2) is 0 Å². The van der Waals surface area contributed by atoms with Crippen molar-refractivity contribution in [2.75, 3.05) is 26.2 Å². The van der Waals surface area contributed by atoms with E-state index >= 15 is 0 Å².